The van der Waals surface area contributed by atoms with E-state index in [-0.39, 0.29) is 0 Å². The lowest BCUT2D eigenvalue weighted by molar-refractivity contribution is 1.18. The molecule has 0 aliphatic rings. The first-order valence-electron chi connectivity index (χ1n) is 15.3. The molecule has 0 saturated heterocycles. The van der Waals surface area contributed by atoms with Gasteiger partial charge in [0, 0.05) is 64.7 Å². The molecule has 0 N–H and O–H groups in total. The predicted octanol–water partition coefficient (Wildman–Crippen LogP) is 11.4. The molecule has 0 unspecified atom stereocenters. The Labute approximate surface area is 270 Å². The molecule has 11 rings (SSSR count). The highest BCUT2D eigenvalue weighted by Gasteiger charge is 2.27. The molecule has 5 heterocycles. The number of para-hydroxylation sites is 3. The zero-order valence-corrected chi connectivity index (χ0v) is 25.9. The van der Waals surface area contributed by atoms with E-state index >= 15 is 0 Å². The third kappa shape index (κ3) is 3.12. The third-order valence-corrected chi connectivity index (χ3v) is 11.7. The van der Waals surface area contributed by atoms with Crippen molar-refractivity contribution in [2.75, 3.05) is 0 Å². The fourth-order valence-electron chi connectivity index (χ4n) is 7.64. The summed E-state index contributed by atoms with van der Waals surface area (Å²) in [6.07, 6.45) is 3.65. The van der Waals surface area contributed by atoms with Gasteiger partial charge in [0.25, 0.3) is 0 Å². The minimum atomic E-state index is 0.998. The van der Waals surface area contributed by atoms with Crippen molar-refractivity contribution in [3.8, 4) is 11.4 Å². The number of nitrogens with zero attached hydrogens (tertiary/aromatic N) is 4. The maximum absolute atomic E-state index is 4.93. The molecule has 0 spiro atoms. The van der Waals surface area contributed by atoms with E-state index in [9.17, 15) is 0 Å². The summed E-state index contributed by atoms with van der Waals surface area (Å²) in [5.41, 5.74) is 8.11. The van der Waals surface area contributed by atoms with Gasteiger partial charge in [-0.1, -0.05) is 72.8 Å². The third-order valence-electron chi connectivity index (χ3n) is 9.44. The van der Waals surface area contributed by atoms with Gasteiger partial charge in [-0.2, -0.15) is 0 Å². The zero-order chi connectivity index (χ0) is 29.9. The summed E-state index contributed by atoms with van der Waals surface area (Å²) in [6, 6.07) is 44.2. The predicted molar refractivity (Wildman–Crippen MR) is 196 cm³/mol. The molecule has 0 bridgehead atoms. The summed E-state index contributed by atoms with van der Waals surface area (Å²) < 4.78 is 9.88. The van der Waals surface area contributed by atoms with Crippen LogP contribution in [0.4, 0.5) is 0 Å². The lowest BCUT2D eigenvalue weighted by atomic mass is 10.0. The van der Waals surface area contributed by atoms with Gasteiger partial charge in [0.2, 0.25) is 0 Å². The van der Waals surface area contributed by atoms with Crippen molar-refractivity contribution in [3.05, 3.63) is 134 Å². The van der Waals surface area contributed by atoms with Crippen LogP contribution in [0.25, 0.3) is 95.5 Å². The lowest BCUT2D eigenvalue weighted by Gasteiger charge is -2.11. The number of aromatic nitrogens is 4. The van der Waals surface area contributed by atoms with E-state index in [0.717, 1.165) is 15.9 Å². The minimum absolute atomic E-state index is 0.998. The molecule has 46 heavy (non-hydrogen) atoms. The molecule has 6 heteroatoms. The number of thiophene rings is 2. The highest BCUT2D eigenvalue weighted by Crippen LogP contribution is 2.50. The Morgan fingerprint density at radius 2 is 1.13 bits per heavy atom. The van der Waals surface area contributed by atoms with Gasteiger partial charge in [0.1, 0.15) is 6.33 Å². The van der Waals surface area contributed by atoms with Crippen LogP contribution in [-0.2, 0) is 0 Å². The molecule has 5 aromatic heterocycles. The molecule has 4 nitrogen and oxygen atoms in total. The summed E-state index contributed by atoms with van der Waals surface area (Å²) in [4.78, 5) is 9.39. The van der Waals surface area contributed by atoms with Crippen molar-refractivity contribution in [3.63, 3.8) is 0 Å². The molecule has 0 amide bonds. The number of hydrogen-bond donors (Lipinski definition) is 0. The normalized spacial score (nSPS) is 12.3. The first-order valence-corrected chi connectivity index (χ1v) is 17.0. The van der Waals surface area contributed by atoms with Crippen LogP contribution in [0.3, 0.4) is 0 Å². The van der Waals surface area contributed by atoms with Crippen LogP contribution in [0, 0.1) is 0 Å². The average molecular weight is 623 g/mol. The summed E-state index contributed by atoms with van der Waals surface area (Å²) in [5.74, 6) is 0. The van der Waals surface area contributed by atoms with Crippen molar-refractivity contribution in [1.29, 1.82) is 0 Å². The molecule has 0 radical (unpaired) electrons. The largest absolute Gasteiger partial charge is 0.308 e. The Morgan fingerprint density at radius 3 is 1.93 bits per heavy atom. The van der Waals surface area contributed by atoms with E-state index in [1.807, 2.05) is 17.5 Å². The van der Waals surface area contributed by atoms with Crippen molar-refractivity contribution >= 4 is 107 Å². The number of fused-ring (bicyclic) bond motifs is 15. The maximum Gasteiger partial charge on any atom is 0.116 e. The van der Waals surface area contributed by atoms with Crippen molar-refractivity contribution in [2.45, 2.75) is 0 Å². The molecule has 214 valence electrons. The van der Waals surface area contributed by atoms with Crippen LogP contribution in [0.5, 0.6) is 0 Å². The molecule has 0 aliphatic heterocycles. The van der Waals surface area contributed by atoms with Gasteiger partial charge in [0.15, 0.2) is 0 Å². The molecule has 0 saturated carbocycles. The van der Waals surface area contributed by atoms with Gasteiger partial charge in [-0.3, -0.25) is 0 Å². The Balaban J connectivity index is 1.44. The Morgan fingerprint density at radius 1 is 0.478 bits per heavy atom. The summed E-state index contributed by atoms with van der Waals surface area (Å²) in [5, 5.41) is 8.81. The zero-order valence-electron chi connectivity index (χ0n) is 24.3. The quantitative estimate of drug-likeness (QED) is 0.192. The first-order chi connectivity index (χ1) is 22.8. The fraction of sp³-hybridized carbons (Fsp3) is 0. The second-order valence-electron chi connectivity index (χ2n) is 11.8. The van der Waals surface area contributed by atoms with Gasteiger partial charge in [-0.25, -0.2) is 9.97 Å². The van der Waals surface area contributed by atoms with Crippen LogP contribution < -0.4 is 0 Å². The van der Waals surface area contributed by atoms with Gasteiger partial charge in [0.05, 0.1) is 37.0 Å². The Bertz CT molecular complexity index is 3030. The van der Waals surface area contributed by atoms with Gasteiger partial charge in [-0.05, 0) is 48.5 Å². The molecule has 0 fully saturated rings. The lowest BCUT2D eigenvalue weighted by Crippen LogP contribution is -1.96. The van der Waals surface area contributed by atoms with Crippen LogP contribution in [0.2, 0.25) is 0 Å². The van der Waals surface area contributed by atoms with Gasteiger partial charge in [-0.15, -0.1) is 22.7 Å². The fourth-order valence-corrected chi connectivity index (χ4v) is 9.90. The first kappa shape index (κ1) is 24.7. The molecule has 11 aromatic rings. The number of hydrogen-bond acceptors (Lipinski definition) is 4. The number of rotatable bonds is 2. The SMILES string of the molecule is c1ccc(-n2c3ccccc3c3c4c5ccccc5n(-c5ccc6sc7ccccc7c6c5)c4c4sc5cncnc5c4c32)cc1. The second-order valence-corrected chi connectivity index (χ2v) is 13.9. The minimum Gasteiger partial charge on any atom is -0.308 e. The Hall–Kier alpha value is -5.56. The van der Waals surface area contributed by atoms with Crippen LogP contribution in [-0.4, -0.2) is 19.1 Å². The molecular formula is C40H22N4S2. The molecule has 0 atom stereocenters. The van der Waals surface area contributed by atoms with Gasteiger partial charge >= 0.3 is 0 Å². The highest BCUT2D eigenvalue weighted by molar-refractivity contribution is 7.27. The van der Waals surface area contributed by atoms with E-state index in [1.54, 1.807) is 17.7 Å². The summed E-state index contributed by atoms with van der Waals surface area (Å²) >= 11 is 3.65. The van der Waals surface area contributed by atoms with Crippen molar-refractivity contribution < 1.29 is 0 Å². The van der Waals surface area contributed by atoms with Gasteiger partial charge < -0.3 is 9.13 Å². The summed E-state index contributed by atoms with van der Waals surface area (Å²) in [6.45, 7) is 0. The van der Waals surface area contributed by atoms with E-state index < -0.39 is 0 Å². The van der Waals surface area contributed by atoms with E-state index in [0.29, 0.717) is 0 Å². The average Bonchev–Trinajstić information content (AvgIpc) is 3.86. The topological polar surface area (TPSA) is 35.6 Å². The van der Waals surface area contributed by atoms with Crippen LogP contribution >= 0.6 is 22.7 Å². The smallest absolute Gasteiger partial charge is 0.116 e. The van der Waals surface area contributed by atoms with E-state index in [4.69, 9.17) is 4.98 Å². The van der Waals surface area contributed by atoms with Crippen LogP contribution in [0.1, 0.15) is 0 Å². The molecule has 0 aliphatic carbocycles. The second kappa shape index (κ2) is 9.01. The van der Waals surface area contributed by atoms with Crippen LogP contribution in [0.15, 0.2) is 134 Å². The maximum atomic E-state index is 4.93. The standard InChI is InChI=1S/C40H22N4S2/c1-2-10-23(11-3-1)43-29-15-7-4-13-26(29)34-35-27-14-5-8-16-30(27)44(24-18-19-32-28(20-24)25-12-6-9-17-31(25)45-32)39(35)40-36(38(34)43)37-33(46-40)21-41-22-42-37/h1-22H. The van der Waals surface area contributed by atoms with Crippen molar-refractivity contribution in [2.24, 2.45) is 0 Å². The summed E-state index contributed by atoms with van der Waals surface area (Å²) in [7, 11) is 0. The highest BCUT2D eigenvalue weighted by atomic mass is 32.1. The van der Waals surface area contributed by atoms with Crippen molar-refractivity contribution in [1.82, 2.24) is 19.1 Å². The molecule has 6 aromatic carbocycles. The Kier molecular flexibility index (Phi) is 4.84. The number of benzene rings is 6. The van der Waals surface area contributed by atoms with E-state index in [1.165, 1.54) is 79.6 Å². The van der Waals surface area contributed by atoms with E-state index in [2.05, 4.69) is 135 Å². The monoisotopic (exact) mass is 622 g/mol. The molecular weight excluding hydrogens is 601 g/mol.